The van der Waals surface area contributed by atoms with Gasteiger partial charge in [-0.3, -0.25) is 0 Å². The average molecular weight is 154 g/mol. The molecule has 0 fully saturated rings. The number of hydrogen-bond acceptors (Lipinski definition) is 0. The van der Waals surface area contributed by atoms with Crippen LogP contribution in [0.4, 0.5) is 0 Å². The monoisotopic (exact) mass is 152 g/mol. The van der Waals surface area contributed by atoms with Crippen LogP contribution >= 0.6 is 19.4 Å². The van der Waals surface area contributed by atoms with Crippen LogP contribution < -0.4 is 0 Å². The molecular formula is H2Cl2OZn. The molecule has 0 heterocycles. The Hall–Kier alpha value is 1.16. The van der Waals surface area contributed by atoms with Gasteiger partial charge >= 0.3 is 34.5 Å². The summed E-state index contributed by atoms with van der Waals surface area (Å²) in [5.74, 6) is 0. The van der Waals surface area contributed by atoms with Crippen LogP contribution in [0.2, 0.25) is 0 Å². The molecular weight excluding hydrogens is 152 g/mol. The topological polar surface area (TPSA) is 31.5 Å². The van der Waals surface area contributed by atoms with Gasteiger partial charge in [-0.1, -0.05) is 0 Å². The van der Waals surface area contributed by atoms with Crippen LogP contribution in [0.5, 0.6) is 0 Å². The van der Waals surface area contributed by atoms with E-state index in [1.54, 1.807) is 0 Å². The third-order valence-corrected chi connectivity index (χ3v) is 0. The first-order valence-electron chi connectivity index (χ1n) is 0.535. The first-order valence-corrected chi connectivity index (χ1v) is 8.33. The summed E-state index contributed by atoms with van der Waals surface area (Å²) in [6.45, 7) is 0. The quantitative estimate of drug-likeness (QED) is 0.456. The Kier molecular flexibility index (Phi) is 19.9. The zero-order valence-corrected chi connectivity index (χ0v) is 6.44. The van der Waals surface area contributed by atoms with E-state index in [1.807, 2.05) is 0 Å². The summed E-state index contributed by atoms with van der Waals surface area (Å²) in [5, 5.41) is 0. The number of halogens is 2. The molecule has 0 aromatic heterocycles. The second-order valence-corrected chi connectivity index (χ2v) is 4.72. The molecule has 0 aliphatic heterocycles. The maximum atomic E-state index is 4.95. The van der Waals surface area contributed by atoms with Crippen molar-refractivity contribution in [2.24, 2.45) is 0 Å². The summed E-state index contributed by atoms with van der Waals surface area (Å²) in [5.41, 5.74) is 0. The van der Waals surface area contributed by atoms with E-state index in [0.717, 1.165) is 0 Å². The molecule has 2 N–H and O–H groups in total. The van der Waals surface area contributed by atoms with Gasteiger partial charge < -0.3 is 5.48 Å². The summed E-state index contributed by atoms with van der Waals surface area (Å²) in [6.07, 6.45) is 0. The first kappa shape index (κ1) is 8.94. The normalized spacial score (nSPS) is 2.50. The van der Waals surface area contributed by atoms with Crippen molar-refractivity contribution in [3.05, 3.63) is 0 Å². The van der Waals surface area contributed by atoms with E-state index >= 15 is 0 Å². The molecule has 0 radical (unpaired) electrons. The molecule has 0 aliphatic rings. The van der Waals surface area contributed by atoms with Gasteiger partial charge in [0.25, 0.3) is 0 Å². The molecule has 0 aromatic carbocycles. The standard InChI is InChI=1S/2ClH.H2O.Zn/h2*1H;1H2;/q;;;+2/p-2. The molecule has 0 bridgehead atoms. The molecule has 1 nitrogen and oxygen atoms in total. The minimum absolute atomic E-state index is 0. The van der Waals surface area contributed by atoms with Gasteiger partial charge in [0.1, 0.15) is 0 Å². The van der Waals surface area contributed by atoms with Gasteiger partial charge in [-0.2, -0.15) is 0 Å². The minimum atomic E-state index is -0.931. The van der Waals surface area contributed by atoms with E-state index in [1.165, 1.54) is 0 Å². The van der Waals surface area contributed by atoms with Crippen molar-refractivity contribution in [1.82, 2.24) is 0 Å². The van der Waals surface area contributed by atoms with Crippen molar-refractivity contribution < 1.29 is 20.6 Å². The van der Waals surface area contributed by atoms with Gasteiger partial charge in [-0.25, -0.2) is 0 Å². The van der Waals surface area contributed by atoms with Gasteiger partial charge in [0.15, 0.2) is 0 Å². The molecule has 0 atom stereocenters. The fourth-order valence-electron chi connectivity index (χ4n) is 0. The van der Waals surface area contributed by atoms with Crippen molar-refractivity contribution in [1.29, 1.82) is 0 Å². The molecule has 0 spiro atoms. The Labute approximate surface area is 40.3 Å². The zero-order valence-electron chi connectivity index (χ0n) is 1.96. The molecule has 0 rings (SSSR count). The molecule has 0 aliphatic carbocycles. The van der Waals surface area contributed by atoms with Crippen molar-refractivity contribution >= 4 is 19.4 Å². The summed E-state index contributed by atoms with van der Waals surface area (Å²) in [4.78, 5) is 0. The van der Waals surface area contributed by atoms with E-state index in [9.17, 15) is 0 Å². The maximum absolute atomic E-state index is 4.95. The zero-order chi connectivity index (χ0) is 2.71. The van der Waals surface area contributed by atoms with Crippen molar-refractivity contribution in [3.63, 3.8) is 0 Å². The third-order valence-electron chi connectivity index (χ3n) is 0. The molecule has 4 heavy (non-hydrogen) atoms. The second-order valence-electron chi connectivity index (χ2n) is 0.101. The van der Waals surface area contributed by atoms with Crippen molar-refractivity contribution in [2.75, 3.05) is 0 Å². The second kappa shape index (κ2) is 8.90. The fraction of sp³-hybridized carbons (Fsp3) is 0. The van der Waals surface area contributed by atoms with Crippen LogP contribution in [0.1, 0.15) is 0 Å². The molecule has 0 aromatic rings. The number of rotatable bonds is 0. The van der Waals surface area contributed by atoms with E-state index < -0.39 is 15.1 Å². The Morgan fingerprint density at radius 3 is 1.25 bits per heavy atom. The molecule has 4 heteroatoms. The van der Waals surface area contributed by atoms with Gasteiger partial charge in [0.05, 0.1) is 0 Å². The van der Waals surface area contributed by atoms with Gasteiger partial charge in [-0.15, -0.1) is 0 Å². The SMILES string of the molecule is O.[Cl][Zn][Cl]. The third kappa shape index (κ3) is 10.9. The summed E-state index contributed by atoms with van der Waals surface area (Å²) in [7, 11) is 9.90. The van der Waals surface area contributed by atoms with Crippen molar-refractivity contribution in [3.8, 4) is 0 Å². The summed E-state index contributed by atoms with van der Waals surface area (Å²) < 4.78 is 0. The predicted octanol–water partition coefficient (Wildman–Crippen LogP) is 0.552. The predicted molar refractivity (Wildman–Crippen MR) is 15.3 cm³/mol. The van der Waals surface area contributed by atoms with Crippen LogP contribution in [-0.4, -0.2) is 5.48 Å². The molecule has 0 saturated heterocycles. The van der Waals surface area contributed by atoms with E-state index in [2.05, 4.69) is 0 Å². The van der Waals surface area contributed by atoms with Crippen molar-refractivity contribution in [2.45, 2.75) is 0 Å². The molecule has 0 saturated carbocycles. The summed E-state index contributed by atoms with van der Waals surface area (Å²) >= 11 is -0.931. The average Bonchev–Trinajstić information content (AvgIpc) is 0.918. The Balaban J connectivity index is 0. The van der Waals surface area contributed by atoms with Gasteiger partial charge in [0, 0.05) is 0 Å². The van der Waals surface area contributed by atoms with Gasteiger partial charge in [0.2, 0.25) is 0 Å². The van der Waals surface area contributed by atoms with Crippen LogP contribution in [-0.2, 0) is 15.1 Å². The first-order chi connectivity index (χ1) is 1.41. The van der Waals surface area contributed by atoms with E-state index in [-0.39, 0.29) is 5.48 Å². The fourth-order valence-corrected chi connectivity index (χ4v) is 0. The van der Waals surface area contributed by atoms with Crippen LogP contribution in [0.15, 0.2) is 0 Å². The Morgan fingerprint density at radius 1 is 1.25 bits per heavy atom. The van der Waals surface area contributed by atoms with Crippen LogP contribution in [0.25, 0.3) is 0 Å². The summed E-state index contributed by atoms with van der Waals surface area (Å²) in [6, 6.07) is 0. The van der Waals surface area contributed by atoms with Crippen LogP contribution in [0, 0.1) is 0 Å². The Morgan fingerprint density at radius 2 is 1.25 bits per heavy atom. The Bertz CT molecular complexity index is 6.00. The molecule has 24 valence electrons. The van der Waals surface area contributed by atoms with E-state index in [4.69, 9.17) is 19.4 Å². The molecule has 0 unspecified atom stereocenters. The number of hydrogen-bond donors (Lipinski definition) is 0. The van der Waals surface area contributed by atoms with Crippen LogP contribution in [0.3, 0.4) is 0 Å². The van der Waals surface area contributed by atoms with E-state index in [0.29, 0.717) is 0 Å². The van der Waals surface area contributed by atoms with Gasteiger partial charge in [-0.05, 0) is 0 Å². The molecule has 0 amide bonds.